The SMILES string of the molecule is CCCC#Cc1ccc(N2CC(CC(C)(C(=O)NO)S(C)(=O)=O)OC2=O)cc1. The van der Waals surface area contributed by atoms with Gasteiger partial charge in [0, 0.05) is 30.3 Å². The Morgan fingerprint density at radius 3 is 2.57 bits per heavy atom. The van der Waals surface area contributed by atoms with Crippen molar-refractivity contribution in [3.8, 4) is 11.8 Å². The van der Waals surface area contributed by atoms with Crippen molar-refractivity contribution in [2.24, 2.45) is 0 Å². The molecule has 0 radical (unpaired) electrons. The highest BCUT2D eigenvalue weighted by Gasteiger charge is 2.48. The van der Waals surface area contributed by atoms with Crippen molar-refractivity contribution in [2.45, 2.75) is 44.0 Å². The molecule has 9 heteroatoms. The molecule has 0 saturated carbocycles. The van der Waals surface area contributed by atoms with Gasteiger partial charge in [-0.1, -0.05) is 18.8 Å². The number of hydrogen-bond acceptors (Lipinski definition) is 6. The fourth-order valence-electron chi connectivity index (χ4n) is 2.82. The number of carbonyl (C=O) groups excluding carboxylic acids is 2. The van der Waals surface area contributed by atoms with E-state index in [4.69, 9.17) is 9.94 Å². The summed E-state index contributed by atoms with van der Waals surface area (Å²) in [6.07, 6.45) is 0.953. The van der Waals surface area contributed by atoms with Crippen LogP contribution in [0.4, 0.5) is 10.5 Å². The molecule has 1 aromatic carbocycles. The minimum atomic E-state index is -3.88. The van der Waals surface area contributed by atoms with Crippen molar-refractivity contribution < 1.29 is 28.0 Å². The Kier molecular flexibility index (Phi) is 6.69. The van der Waals surface area contributed by atoms with Gasteiger partial charge < -0.3 is 4.74 Å². The van der Waals surface area contributed by atoms with Crippen LogP contribution in [0.15, 0.2) is 24.3 Å². The standard InChI is InChI=1S/C19H24N2O6S/c1-4-5-6-7-14-8-10-15(11-9-14)21-13-16(27-18(21)23)12-19(2,17(22)20-24)28(3,25)26/h8-11,16,24H,4-5,12-13H2,1-3H3,(H,20,22). The fourth-order valence-corrected chi connectivity index (χ4v) is 3.69. The first kappa shape index (κ1) is 21.7. The number of carbonyl (C=O) groups is 2. The lowest BCUT2D eigenvalue weighted by Crippen LogP contribution is -2.51. The van der Waals surface area contributed by atoms with Gasteiger partial charge in [-0.2, -0.15) is 0 Å². The number of nitrogens with zero attached hydrogens (tertiary/aromatic N) is 1. The third kappa shape index (κ3) is 4.64. The third-order valence-corrected chi connectivity index (χ3v) is 6.67. The normalized spacial score (nSPS) is 18.6. The summed E-state index contributed by atoms with van der Waals surface area (Å²) in [5, 5.41) is 8.90. The number of hydrogen-bond donors (Lipinski definition) is 2. The molecule has 1 fully saturated rings. The van der Waals surface area contributed by atoms with Gasteiger partial charge >= 0.3 is 6.09 Å². The topological polar surface area (TPSA) is 113 Å². The lowest BCUT2D eigenvalue weighted by Gasteiger charge is -2.26. The molecule has 0 spiro atoms. The van der Waals surface area contributed by atoms with E-state index in [1.54, 1.807) is 24.3 Å². The minimum absolute atomic E-state index is 0.0868. The van der Waals surface area contributed by atoms with Crippen LogP contribution in [-0.2, 0) is 19.4 Å². The number of amides is 2. The highest BCUT2D eigenvalue weighted by atomic mass is 32.2. The summed E-state index contributed by atoms with van der Waals surface area (Å²) in [6.45, 7) is 3.32. The van der Waals surface area contributed by atoms with E-state index < -0.39 is 32.7 Å². The number of hydroxylamine groups is 1. The van der Waals surface area contributed by atoms with E-state index in [0.717, 1.165) is 24.7 Å². The zero-order valence-corrected chi connectivity index (χ0v) is 16.9. The molecule has 0 bridgehead atoms. The molecule has 2 rings (SSSR count). The summed E-state index contributed by atoms with van der Waals surface area (Å²) in [5.41, 5.74) is 2.79. The zero-order valence-electron chi connectivity index (χ0n) is 16.1. The largest absolute Gasteiger partial charge is 0.444 e. The molecule has 0 aliphatic carbocycles. The molecule has 1 aliphatic heterocycles. The minimum Gasteiger partial charge on any atom is -0.444 e. The van der Waals surface area contributed by atoms with Crippen LogP contribution in [0.1, 0.15) is 38.7 Å². The first-order valence-corrected chi connectivity index (χ1v) is 10.7. The van der Waals surface area contributed by atoms with Gasteiger partial charge in [0.05, 0.1) is 6.54 Å². The maximum absolute atomic E-state index is 12.2. The number of ether oxygens (including phenoxy) is 1. The molecular weight excluding hydrogens is 384 g/mol. The summed E-state index contributed by atoms with van der Waals surface area (Å²) < 4.78 is 27.5. The van der Waals surface area contributed by atoms with E-state index in [-0.39, 0.29) is 13.0 Å². The van der Waals surface area contributed by atoms with Gasteiger partial charge in [-0.3, -0.25) is 14.9 Å². The van der Waals surface area contributed by atoms with E-state index in [1.807, 2.05) is 6.92 Å². The van der Waals surface area contributed by atoms with Crippen molar-refractivity contribution in [3.05, 3.63) is 29.8 Å². The Bertz CT molecular complexity index is 901. The molecule has 2 atom stereocenters. The average molecular weight is 408 g/mol. The Labute approximate surface area is 164 Å². The summed E-state index contributed by atoms with van der Waals surface area (Å²) in [6, 6.07) is 7.04. The molecule has 2 amide bonds. The predicted octanol–water partition coefficient (Wildman–Crippen LogP) is 1.86. The van der Waals surface area contributed by atoms with E-state index in [1.165, 1.54) is 17.3 Å². The molecule has 2 N–H and O–H groups in total. The van der Waals surface area contributed by atoms with Gasteiger partial charge in [0.1, 0.15) is 6.10 Å². The Hall–Kier alpha value is -2.57. The molecule has 2 unspecified atom stereocenters. The molecule has 28 heavy (non-hydrogen) atoms. The first-order valence-electron chi connectivity index (χ1n) is 8.83. The first-order chi connectivity index (χ1) is 13.1. The van der Waals surface area contributed by atoms with E-state index in [0.29, 0.717) is 5.69 Å². The van der Waals surface area contributed by atoms with Gasteiger partial charge in [0.2, 0.25) is 0 Å². The van der Waals surface area contributed by atoms with E-state index in [9.17, 15) is 18.0 Å². The van der Waals surface area contributed by atoms with Crippen LogP contribution < -0.4 is 10.4 Å². The number of anilines is 1. The van der Waals surface area contributed by atoms with Gasteiger partial charge in [-0.25, -0.2) is 18.7 Å². The van der Waals surface area contributed by atoms with Crippen LogP contribution >= 0.6 is 0 Å². The highest BCUT2D eigenvalue weighted by Crippen LogP contribution is 2.30. The maximum Gasteiger partial charge on any atom is 0.414 e. The van der Waals surface area contributed by atoms with E-state index in [2.05, 4.69) is 11.8 Å². The number of nitrogens with one attached hydrogen (secondary N) is 1. The monoisotopic (exact) mass is 408 g/mol. The van der Waals surface area contributed by atoms with Crippen molar-refractivity contribution in [1.29, 1.82) is 0 Å². The number of unbranched alkanes of at least 4 members (excludes halogenated alkanes) is 1. The van der Waals surface area contributed by atoms with Crippen LogP contribution in [0.25, 0.3) is 0 Å². The fraction of sp³-hybridized carbons (Fsp3) is 0.474. The van der Waals surface area contributed by atoms with Crippen molar-refractivity contribution >= 4 is 27.5 Å². The van der Waals surface area contributed by atoms with Crippen LogP contribution in [0.5, 0.6) is 0 Å². The third-order valence-electron chi connectivity index (χ3n) is 4.68. The molecule has 1 heterocycles. The average Bonchev–Trinajstić information content (AvgIpc) is 3.00. The maximum atomic E-state index is 12.2. The zero-order chi connectivity index (χ0) is 20.9. The summed E-state index contributed by atoms with van der Waals surface area (Å²) in [4.78, 5) is 25.5. The second-order valence-corrected chi connectivity index (χ2v) is 9.31. The Balaban J connectivity index is 2.15. The molecule has 1 aliphatic rings. The van der Waals surface area contributed by atoms with Crippen molar-refractivity contribution in [2.75, 3.05) is 17.7 Å². The van der Waals surface area contributed by atoms with Gasteiger partial charge in [-0.15, -0.1) is 0 Å². The number of cyclic esters (lactones) is 1. The molecule has 1 saturated heterocycles. The molecular formula is C19H24N2O6S. The lowest BCUT2D eigenvalue weighted by molar-refractivity contribution is -0.132. The molecule has 0 aromatic heterocycles. The second kappa shape index (κ2) is 8.63. The molecule has 8 nitrogen and oxygen atoms in total. The highest BCUT2D eigenvalue weighted by molar-refractivity contribution is 7.92. The summed E-state index contributed by atoms with van der Waals surface area (Å²) >= 11 is 0. The van der Waals surface area contributed by atoms with Crippen molar-refractivity contribution in [1.82, 2.24) is 5.48 Å². The van der Waals surface area contributed by atoms with Gasteiger partial charge in [0.25, 0.3) is 5.91 Å². The van der Waals surface area contributed by atoms with Gasteiger partial charge in [-0.05, 0) is 37.6 Å². The quantitative estimate of drug-likeness (QED) is 0.422. The smallest absolute Gasteiger partial charge is 0.414 e. The second-order valence-electron chi connectivity index (χ2n) is 6.86. The number of rotatable bonds is 6. The van der Waals surface area contributed by atoms with Crippen LogP contribution in [-0.4, -0.2) is 49.3 Å². The Morgan fingerprint density at radius 2 is 2.04 bits per heavy atom. The summed E-state index contributed by atoms with van der Waals surface area (Å²) in [7, 11) is -3.88. The van der Waals surface area contributed by atoms with Crippen LogP contribution in [0, 0.1) is 11.8 Å². The van der Waals surface area contributed by atoms with Gasteiger partial charge in [0.15, 0.2) is 14.6 Å². The number of sulfone groups is 1. The molecule has 152 valence electrons. The van der Waals surface area contributed by atoms with Crippen molar-refractivity contribution in [3.63, 3.8) is 0 Å². The van der Waals surface area contributed by atoms with Crippen LogP contribution in [0.3, 0.4) is 0 Å². The van der Waals surface area contributed by atoms with Crippen LogP contribution in [0.2, 0.25) is 0 Å². The molecule has 1 aromatic rings. The predicted molar refractivity (Wildman–Crippen MR) is 104 cm³/mol. The lowest BCUT2D eigenvalue weighted by atomic mass is 10.0. The Morgan fingerprint density at radius 1 is 1.39 bits per heavy atom. The van der Waals surface area contributed by atoms with E-state index >= 15 is 0 Å². The summed E-state index contributed by atoms with van der Waals surface area (Å²) in [5.74, 6) is 5.00. The number of benzene rings is 1.